The predicted octanol–water partition coefficient (Wildman–Crippen LogP) is 7.02. The van der Waals surface area contributed by atoms with Crippen LogP contribution in [0, 0.1) is 12.3 Å². The van der Waals surface area contributed by atoms with Crippen LogP contribution in [0.15, 0.2) is 80.2 Å². The molecule has 0 bridgehead atoms. The molecular weight excluding hydrogens is 541 g/mol. The molecule has 2 aromatic heterocycles. The second-order valence-corrected chi connectivity index (χ2v) is 11.8. The summed E-state index contributed by atoms with van der Waals surface area (Å²) >= 11 is 6.52. The van der Waals surface area contributed by atoms with Crippen molar-refractivity contribution in [1.82, 2.24) is 0 Å². The van der Waals surface area contributed by atoms with Gasteiger partial charge in [0, 0.05) is 5.69 Å². The highest BCUT2D eigenvalue weighted by Gasteiger charge is 2.12. The molecular formula is C26H30N6OS4. The minimum atomic E-state index is 0.108. The molecule has 0 spiro atoms. The zero-order valence-electron chi connectivity index (χ0n) is 21.0. The molecule has 0 saturated heterocycles. The normalized spacial score (nSPS) is 10.9. The number of para-hydroxylation sites is 3. The number of rotatable bonds is 9. The quantitative estimate of drug-likeness (QED) is 0.0634. The van der Waals surface area contributed by atoms with E-state index in [2.05, 4.69) is 28.8 Å². The van der Waals surface area contributed by atoms with Crippen LogP contribution in [0.4, 0.5) is 17.1 Å². The average molecular weight is 571 g/mol. The number of anilines is 3. The number of nitrogen functional groups attached to an aromatic ring is 1. The Kier molecular flexibility index (Phi) is 10.8. The smallest absolute Gasteiger partial charge is 0.161 e. The van der Waals surface area contributed by atoms with Crippen molar-refractivity contribution in [3.05, 3.63) is 82.0 Å². The lowest BCUT2D eigenvalue weighted by Gasteiger charge is -2.09. The van der Waals surface area contributed by atoms with Gasteiger partial charge in [0.15, 0.2) is 5.84 Å². The maximum absolute atomic E-state index is 7.62. The number of aryl methyl sites for hydroxylation is 1. The monoisotopic (exact) mass is 570 g/mol. The fraction of sp³-hybridized carbons (Fsp3) is 0.154. The summed E-state index contributed by atoms with van der Waals surface area (Å²) in [5.74, 6) is 1.31. The van der Waals surface area contributed by atoms with E-state index in [1.165, 1.54) is 9.77 Å². The maximum atomic E-state index is 7.62. The number of hydrogen-bond acceptors (Lipinski definition) is 9. The first-order valence-electron chi connectivity index (χ1n) is 11.1. The number of hydrazone groups is 1. The lowest BCUT2D eigenvalue weighted by atomic mass is 10.2. The van der Waals surface area contributed by atoms with Gasteiger partial charge in [-0.05, 0) is 61.4 Å². The summed E-state index contributed by atoms with van der Waals surface area (Å²) in [7, 11) is 1.62. The van der Waals surface area contributed by atoms with E-state index >= 15 is 0 Å². The fourth-order valence-corrected chi connectivity index (χ4v) is 6.07. The van der Waals surface area contributed by atoms with Crippen LogP contribution >= 0.6 is 46.2 Å². The van der Waals surface area contributed by atoms with E-state index in [9.17, 15) is 0 Å². The molecule has 0 aliphatic rings. The molecule has 4 rings (SSSR count). The summed E-state index contributed by atoms with van der Waals surface area (Å²) < 4.78 is 7.59. The number of amidine groups is 2. The molecule has 194 valence electrons. The number of thioether (sulfide) groups is 2. The number of thiophene rings is 2. The van der Waals surface area contributed by atoms with Crippen LogP contribution < -0.4 is 26.9 Å². The number of nitrogens with zero attached hydrogens (tertiary/aromatic N) is 1. The molecule has 0 saturated carbocycles. The zero-order chi connectivity index (χ0) is 26.8. The lowest BCUT2D eigenvalue weighted by molar-refractivity contribution is 0.416. The van der Waals surface area contributed by atoms with E-state index in [0.717, 1.165) is 36.8 Å². The lowest BCUT2D eigenvalue weighted by Crippen LogP contribution is -2.13. The molecule has 0 radical (unpaired) electrons. The van der Waals surface area contributed by atoms with Crippen molar-refractivity contribution < 1.29 is 4.74 Å². The third kappa shape index (κ3) is 7.93. The Hall–Kier alpha value is -3.12. The first-order valence-corrected chi connectivity index (χ1v) is 15.2. The topological polar surface area (TPSA) is 122 Å². The molecule has 11 heteroatoms. The Bertz CT molecular complexity index is 1360. The number of benzene rings is 2. The molecule has 7 nitrogen and oxygen atoms in total. The molecule has 37 heavy (non-hydrogen) atoms. The van der Waals surface area contributed by atoms with Crippen LogP contribution in [0.2, 0.25) is 0 Å². The maximum Gasteiger partial charge on any atom is 0.161 e. The number of hydrogen-bond donors (Lipinski definition) is 5. The highest BCUT2D eigenvalue weighted by molar-refractivity contribution is 8.00. The Labute approximate surface area is 234 Å². The van der Waals surface area contributed by atoms with Gasteiger partial charge in [0.1, 0.15) is 11.6 Å². The molecule has 0 atom stereocenters. The van der Waals surface area contributed by atoms with Gasteiger partial charge in [-0.3, -0.25) is 10.8 Å². The molecule has 0 unspecified atom stereocenters. The minimum absolute atomic E-state index is 0.108. The van der Waals surface area contributed by atoms with Crippen molar-refractivity contribution in [2.45, 2.75) is 15.3 Å². The number of ether oxygens (including phenoxy) is 1. The second-order valence-electron chi connectivity index (χ2n) is 7.50. The van der Waals surface area contributed by atoms with Crippen LogP contribution in [0.3, 0.4) is 0 Å². The summed E-state index contributed by atoms with van der Waals surface area (Å²) in [6, 6.07) is 21.7. The van der Waals surface area contributed by atoms with Gasteiger partial charge >= 0.3 is 0 Å². The summed E-state index contributed by atoms with van der Waals surface area (Å²) in [6.45, 7) is 2.05. The van der Waals surface area contributed by atoms with E-state index in [1.807, 2.05) is 73.2 Å². The van der Waals surface area contributed by atoms with Gasteiger partial charge in [0.25, 0.3) is 0 Å². The van der Waals surface area contributed by atoms with E-state index in [4.69, 9.17) is 21.6 Å². The Balaban J connectivity index is 0.000000206. The second kappa shape index (κ2) is 14.0. The summed E-state index contributed by atoms with van der Waals surface area (Å²) in [4.78, 5) is 1.74. The zero-order valence-corrected chi connectivity index (χ0v) is 24.3. The molecule has 0 aliphatic carbocycles. The number of methoxy groups -OCH3 is 1. The van der Waals surface area contributed by atoms with Gasteiger partial charge in [-0.2, -0.15) is 5.10 Å². The number of nitrogens with two attached hydrogens (primary N) is 2. The Morgan fingerprint density at radius 3 is 2.19 bits per heavy atom. The number of nitrogens with one attached hydrogen (secondary N) is 3. The standard InChI is InChI=1S/C13H15N3OS2.C13H15N3S2/c1-17-10-6-4-3-5-9(10)15-16-13(14)11-7-8-12(18-2)19-11;1-8-5-3-4-6-9(8)16-10-7-11(17-2)18-12(10)13(14)15/h3-8,15H,1-2H3,(H2,14,16);3-7,16H,1-2H3,(H3,14,15). The van der Waals surface area contributed by atoms with E-state index in [-0.39, 0.29) is 5.84 Å². The molecule has 0 amide bonds. The van der Waals surface area contributed by atoms with E-state index < -0.39 is 0 Å². The van der Waals surface area contributed by atoms with Crippen LogP contribution in [0.1, 0.15) is 15.3 Å². The summed E-state index contributed by atoms with van der Waals surface area (Å²) in [5, 5.41) is 15.2. The Morgan fingerprint density at radius 2 is 1.57 bits per heavy atom. The molecule has 7 N–H and O–H groups in total. The first-order chi connectivity index (χ1) is 17.9. The molecule has 2 aromatic carbocycles. The minimum Gasteiger partial charge on any atom is -0.495 e. The van der Waals surface area contributed by atoms with Gasteiger partial charge in [-0.15, -0.1) is 46.2 Å². The molecule has 0 aliphatic heterocycles. The Morgan fingerprint density at radius 1 is 0.892 bits per heavy atom. The third-order valence-corrected chi connectivity index (χ3v) is 9.43. The van der Waals surface area contributed by atoms with Crippen LogP contribution in [-0.2, 0) is 0 Å². The van der Waals surface area contributed by atoms with E-state index in [1.54, 1.807) is 53.3 Å². The predicted molar refractivity (Wildman–Crippen MR) is 165 cm³/mol. The van der Waals surface area contributed by atoms with Gasteiger partial charge < -0.3 is 21.5 Å². The van der Waals surface area contributed by atoms with Crippen molar-refractivity contribution in [3.63, 3.8) is 0 Å². The van der Waals surface area contributed by atoms with Crippen molar-refractivity contribution in [2.24, 2.45) is 16.6 Å². The first kappa shape index (κ1) is 28.5. The SMILES string of the molecule is COc1ccccc1NN=C(N)c1ccc(SC)s1.CSc1cc(Nc2ccccc2C)c(C(=N)N)s1. The largest absolute Gasteiger partial charge is 0.495 e. The van der Waals surface area contributed by atoms with Gasteiger partial charge in [0.2, 0.25) is 0 Å². The van der Waals surface area contributed by atoms with Crippen LogP contribution in [-0.4, -0.2) is 31.3 Å². The molecule has 4 aromatic rings. The van der Waals surface area contributed by atoms with Crippen molar-refractivity contribution >= 4 is 74.9 Å². The summed E-state index contributed by atoms with van der Waals surface area (Å²) in [5.41, 5.74) is 18.4. The van der Waals surface area contributed by atoms with Gasteiger partial charge in [-0.1, -0.05) is 30.3 Å². The van der Waals surface area contributed by atoms with Gasteiger partial charge in [-0.25, -0.2) is 0 Å². The average Bonchev–Trinajstić information content (AvgIpc) is 3.56. The fourth-order valence-electron chi connectivity index (χ4n) is 3.10. The molecule has 0 fully saturated rings. The molecule has 2 heterocycles. The van der Waals surface area contributed by atoms with Gasteiger partial charge in [0.05, 0.1) is 36.7 Å². The third-order valence-electron chi connectivity index (χ3n) is 5.01. The van der Waals surface area contributed by atoms with Crippen molar-refractivity contribution in [3.8, 4) is 5.75 Å². The summed E-state index contributed by atoms with van der Waals surface area (Å²) in [6.07, 6.45) is 4.06. The van der Waals surface area contributed by atoms with Crippen molar-refractivity contribution in [1.29, 1.82) is 5.41 Å². The highest BCUT2D eigenvalue weighted by Crippen LogP contribution is 2.35. The van der Waals surface area contributed by atoms with Crippen molar-refractivity contribution in [2.75, 3.05) is 30.4 Å². The highest BCUT2D eigenvalue weighted by atomic mass is 32.2. The van der Waals surface area contributed by atoms with Crippen LogP contribution in [0.25, 0.3) is 0 Å². The van der Waals surface area contributed by atoms with E-state index in [0.29, 0.717) is 5.84 Å². The van der Waals surface area contributed by atoms with Crippen LogP contribution in [0.5, 0.6) is 5.75 Å².